The van der Waals surface area contributed by atoms with Gasteiger partial charge in [-0.3, -0.25) is 9.59 Å². The summed E-state index contributed by atoms with van der Waals surface area (Å²) in [7, 11) is 0. The molecule has 1 aromatic carbocycles. The van der Waals surface area contributed by atoms with Gasteiger partial charge in [0.1, 0.15) is 0 Å². The summed E-state index contributed by atoms with van der Waals surface area (Å²) in [6.45, 7) is 2.70. The normalized spacial score (nSPS) is 15.1. The van der Waals surface area contributed by atoms with E-state index in [9.17, 15) is 22.8 Å². The van der Waals surface area contributed by atoms with Gasteiger partial charge in [0.25, 0.3) is 11.5 Å². The molecule has 1 aliphatic rings. The van der Waals surface area contributed by atoms with Gasteiger partial charge in [0.05, 0.1) is 23.4 Å². The van der Waals surface area contributed by atoms with Crippen LogP contribution in [0.15, 0.2) is 41.2 Å². The maximum absolute atomic E-state index is 13.0. The number of carbonyl (C=O) groups is 1. The Morgan fingerprint density at radius 2 is 1.88 bits per heavy atom. The third-order valence-corrected chi connectivity index (χ3v) is 4.14. The minimum Gasteiger partial charge on any atom is -0.338 e. The molecule has 5 nitrogen and oxygen atoms in total. The predicted octanol–water partition coefficient (Wildman–Crippen LogP) is 2.34. The molecular formula is C17H16F3N3O2. The first-order chi connectivity index (χ1) is 11.8. The molecule has 1 aromatic heterocycles. The van der Waals surface area contributed by atoms with Gasteiger partial charge in [0.2, 0.25) is 0 Å². The molecule has 0 N–H and O–H groups in total. The highest BCUT2D eigenvalue weighted by molar-refractivity contribution is 5.96. The number of aromatic nitrogens is 2. The molecular weight excluding hydrogens is 335 g/mol. The molecule has 0 radical (unpaired) electrons. The van der Waals surface area contributed by atoms with E-state index >= 15 is 0 Å². The van der Waals surface area contributed by atoms with Crippen molar-refractivity contribution in [1.82, 2.24) is 14.7 Å². The van der Waals surface area contributed by atoms with Gasteiger partial charge in [-0.05, 0) is 25.1 Å². The van der Waals surface area contributed by atoms with Gasteiger partial charge in [-0.1, -0.05) is 12.1 Å². The minimum absolute atomic E-state index is 0.00556. The monoisotopic (exact) mass is 351 g/mol. The number of aryl methyl sites for hydroxylation is 1. The summed E-state index contributed by atoms with van der Waals surface area (Å²) in [5, 5.41) is 4.12. The van der Waals surface area contributed by atoms with E-state index in [0.29, 0.717) is 25.3 Å². The van der Waals surface area contributed by atoms with Crippen LogP contribution in [0.3, 0.4) is 0 Å². The second-order valence-corrected chi connectivity index (χ2v) is 6.11. The van der Waals surface area contributed by atoms with Crippen molar-refractivity contribution in [2.45, 2.75) is 19.6 Å². The van der Waals surface area contributed by atoms with E-state index in [1.54, 1.807) is 13.0 Å². The first-order valence-corrected chi connectivity index (χ1v) is 7.76. The highest BCUT2D eigenvalue weighted by atomic mass is 19.4. The van der Waals surface area contributed by atoms with Crippen molar-refractivity contribution in [3.8, 4) is 0 Å². The number of carbonyl (C=O) groups excluding carboxylic acids is 1. The Morgan fingerprint density at radius 3 is 2.56 bits per heavy atom. The molecule has 1 saturated heterocycles. The van der Waals surface area contributed by atoms with Gasteiger partial charge >= 0.3 is 6.18 Å². The maximum atomic E-state index is 13.0. The van der Waals surface area contributed by atoms with Crippen LogP contribution in [0.2, 0.25) is 0 Å². The Morgan fingerprint density at radius 1 is 1.20 bits per heavy atom. The standard InChI is InChI=1S/C17H16F3N3O2/c1-11-6-7-15(24)23(21-11)10-12-8-22(9-12)16(25)13-4-2-3-5-14(13)17(18,19)20/h2-7,12H,8-10H2,1H3. The van der Waals surface area contributed by atoms with E-state index in [-0.39, 0.29) is 17.0 Å². The van der Waals surface area contributed by atoms with Gasteiger partial charge in [-0.25, -0.2) is 4.68 Å². The molecule has 3 rings (SSSR count). The Kier molecular flexibility index (Phi) is 4.36. The lowest BCUT2D eigenvalue weighted by Crippen LogP contribution is -2.52. The van der Waals surface area contributed by atoms with E-state index in [1.165, 1.54) is 33.8 Å². The van der Waals surface area contributed by atoms with E-state index in [2.05, 4.69) is 5.10 Å². The lowest BCUT2D eigenvalue weighted by molar-refractivity contribution is -0.138. The zero-order valence-electron chi connectivity index (χ0n) is 13.5. The number of alkyl halides is 3. The fraction of sp³-hybridized carbons (Fsp3) is 0.353. The largest absolute Gasteiger partial charge is 0.417 e. The van der Waals surface area contributed by atoms with E-state index in [1.807, 2.05) is 0 Å². The molecule has 0 unspecified atom stereocenters. The Labute approximate surface area is 141 Å². The van der Waals surface area contributed by atoms with Crippen molar-refractivity contribution in [1.29, 1.82) is 0 Å². The fourth-order valence-electron chi connectivity index (χ4n) is 2.86. The molecule has 132 valence electrons. The summed E-state index contributed by atoms with van der Waals surface area (Å²) in [4.78, 5) is 25.4. The van der Waals surface area contributed by atoms with Crippen molar-refractivity contribution in [2.75, 3.05) is 13.1 Å². The molecule has 0 aliphatic carbocycles. The lowest BCUT2D eigenvalue weighted by Gasteiger charge is -2.39. The van der Waals surface area contributed by atoms with Crippen LogP contribution in [-0.4, -0.2) is 33.7 Å². The van der Waals surface area contributed by atoms with Crippen molar-refractivity contribution < 1.29 is 18.0 Å². The number of likely N-dealkylation sites (tertiary alicyclic amines) is 1. The topological polar surface area (TPSA) is 55.2 Å². The molecule has 2 aromatic rings. The highest BCUT2D eigenvalue weighted by Gasteiger charge is 2.38. The Balaban J connectivity index is 1.68. The quantitative estimate of drug-likeness (QED) is 0.853. The van der Waals surface area contributed by atoms with Crippen molar-refractivity contribution in [3.63, 3.8) is 0 Å². The minimum atomic E-state index is -4.57. The van der Waals surface area contributed by atoms with Crippen LogP contribution in [-0.2, 0) is 12.7 Å². The van der Waals surface area contributed by atoms with Gasteiger partial charge < -0.3 is 4.90 Å². The SMILES string of the molecule is Cc1ccc(=O)n(CC2CN(C(=O)c3ccccc3C(F)(F)F)C2)n1. The zero-order chi connectivity index (χ0) is 18.2. The smallest absolute Gasteiger partial charge is 0.338 e. The Hall–Kier alpha value is -2.64. The molecule has 0 atom stereocenters. The average molecular weight is 351 g/mol. The van der Waals surface area contributed by atoms with Crippen molar-refractivity contribution in [3.05, 3.63) is 63.6 Å². The van der Waals surface area contributed by atoms with Gasteiger partial charge in [-0.2, -0.15) is 18.3 Å². The van der Waals surface area contributed by atoms with Gasteiger partial charge in [0.15, 0.2) is 0 Å². The van der Waals surface area contributed by atoms with Crippen LogP contribution in [0.5, 0.6) is 0 Å². The molecule has 1 fully saturated rings. The number of halogens is 3. The van der Waals surface area contributed by atoms with Crippen LogP contribution in [0.25, 0.3) is 0 Å². The lowest BCUT2D eigenvalue weighted by atomic mass is 9.97. The summed E-state index contributed by atoms with van der Waals surface area (Å²) < 4.78 is 40.4. The first-order valence-electron chi connectivity index (χ1n) is 7.76. The number of hydrogen-bond acceptors (Lipinski definition) is 3. The second kappa shape index (κ2) is 6.34. The van der Waals surface area contributed by atoms with Crippen molar-refractivity contribution >= 4 is 5.91 Å². The molecule has 2 heterocycles. The molecule has 1 aliphatic heterocycles. The van der Waals surface area contributed by atoms with E-state index in [4.69, 9.17) is 0 Å². The third kappa shape index (κ3) is 3.57. The summed E-state index contributed by atoms with van der Waals surface area (Å²) in [5.74, 6) is -0.650. The molecule has 0 bridgehead atoms. The summed E-state index contributed by atoms with van der Waals surface area (Å²) in [5.41, 5.74) is -0.817. The summed E-state index contributed by atoms with van der Waals surface area (Å²) in [6, 6.07) is 7.79. The number of hydrogen-bond donors (Lipinski definition) is 0. The average Bonchev–Trinajstić information content (AvgIpc) is 2.52. The molecule has 0 spiro atoms. The fourth-order valence-corrected chi connectivity index (χ4v) is 2.86. The number of nitrogens with zero attached hydrogens (tertiary/aromatic N) is 3. The molecule has 8 heteroatoms. The zero-order valence-corrected chi connectivity index (χ0v) is 13.5. The third-order valence-electron chi connectivity index (χ3n) is 4.14. The van der Waals surface area contributed by atoms with E-state index < -0.39 is 17.6 Å². The van der Waals surface area contributed by atoms with Gasteiger partial charge in [-0.15, -0.1) is 0 Å². The van der Waals surface area contributed by atoms with Crippen LogP contribution >= 0.6 is 0 Å². The summed E-state index contributed by atoms with van der Waals surface area (Å²) >= 11 is 0. The Bertz CT molecular complexity index is 855. The van der Waals surface area contributed by atoms with E-state index in [0.717, 1.165) is 6.07 Å². The maximum Gasteiger partial charge on any atom is 0.417 e. The summed E-state index contributed by atoms with van der Waals surface area (Å²) in [6.07, 6.45) is -4.57. The van der Waals surface area contributed by atoms with Crippen molar-refractivity contribution in [2.24, 2.45) is 5.92 Å². The highest BCUT2D eigenvalue weighted by Crippen LogP contribution is 2.33. The number of rotatable bonds is 3. The van der Waals surface area contributed by atoms with Crippen LogP contribution in [0.1, 0.15) is 21.6 Å². The number of amides is 1. The predicted molar refractivity (Wildman–Crippen MR) is 84.1 cm³/mol. The van der Waals surface area contributed by atoms with Crippen LogP contribution in [0.4, 0.5) is 13.2 Å². The first kappa shape index (κ1) is 17.2. The molecule has 0 saturated carbocycles. The van der Waals surface area contributed by atoms with Gasteiger partial charge in [0, 0.05) is 25.1 Å². The number of benzene rings is 1. The second-order valence-electron chi connectivity index (χ2n) is 6.11. The molecule has 25 heavy (non-hydrogen) atoms. The van der Waals surface area contributed by atoms with Crippen LogP contribution in [0, 0.1) is 12.8 Å². The van der Waals surface area contributed by atoms with Crippen LogP contribution < -0.4 is 5.56 Å². The molecule has 1 amide bonds.